The largest absolute Gasteiger partial charge is 0.383 e. The first-order chi connectivity index (χ1) is 17.3. The van der Waals surface area contributed by atoms with Crippen molar-refractivity contribution in [2.24, 2.45) is 0 Å². The molecule has 0 aromatic heterocycles. The van der Waals surface area contributed by atoms with Crippen molar-refractivity contribution in [3.05, 3.63) is 59.2 Å². The molecule has 0 bridgehead atoms. The maximum atomic E-state index is 13.7. The number of nitrogens with one attached hydrogen (secondary N) is 1. The van der Waals surface area contributed by atoms with Crippen LogP contribution in [-0.2, 0) is 14.8 Å². The minimum absolute atomic E-state index is 0.159. The third-order valence-electron chi connectivity index (χ3n) is 8.58. The van der Waals surface area contributed by atoms with Crippen molar-refractivity contribution in [3.8, 4) is 11.1 Å². The molecule has 4 atom stereocenters. The van der Waals surface area contributed by atoms with Gasteiger partial charge in [-0.2, -0.15) is 4.31 Å². The van der Waals surface area contributed by atoms with Crippen molar-refractivity contribution < 1.29 is 13.2 Å². The Bertz CT molecular complexity index is 1170. The molecule has 3 heterocycles. The molecule has 0 radical (unpaired) electrons. The molecule has 2 unspecified atom stereocenters. The van der Waals surface area contributed by atoms with Gasteiger partial charge in [0.05, 0.1) is 6.61 Å². The number of ether oxygens (including phenoxy) is 1. The average Bonchev–Trinajstić information content (AvgIpc) is 3.29. The van der Waals surface area contributed by atoms with E-state index in [4.69, 9.17) is 4.74 Å². The van der Waals surface area contributed by atoms with Gasteiger partial charge in [0, 0.05) is 51.8 Å². The van der Waals surface area contributed by atoms with Gasteiger partial charge in [-0.3, -0.25) is 10.3 Å². The maximum Gasteiger partial charge on any atom is 0.231 e. The van der Waals surface area contributed by atoms with Gasteiger partial charge in [0.2, 0.25) is 10.0 Å². The monoisotopic (exact) mass is 512 g/mol. The summed E-state index contributed by atoms with van der Waals surface area (Å²) < 4.78 is 34.7. The quantitative estimate of drug-likeness (QED) is 0.641. The van der Waals surface area contributed by atoms with Crippen LogP contribution in [0.15, 0.2) is 42.5 Å². The summed E-state index contributed by atoms with van der Waals surface area (Å²) in [6.07, 6.45) is 2.51. The Morgan fingerprint density at radius 1 is 1.06 bits per heavy atom. The Labute approximate surface area is 216 Å². The second-order valence-electron chi connectivity index (χ2n) is 10.6. The Hall–Kier alpha value is -1.81. The van der Waals surface area contributed by atoms with E-state index >= 15 is 0 Å². The van der Waals surface area contributed by atoms with Gasteiger partial charge < -0.3 is 4.74 Å². The predicted molar refractivity (Wildman–Crippen MR) is 144 cm³/mol. The molecule has 3 aliphatic rings. The molecule has 5 rings (SSSR count). The fraction of sp³-hybridized carbons (Fsp3) is 0.571. The van der Waals surface area contributed by atoms with Crippen LogP contribution in [0.3, 0.4) is 0 Å². The first kappa shape index (κ1) is 25.8. The minimum Gasteiger partial charge on any atom is -0.383 e. The molecule has 7 nitrogen and oxygen atoms in total. The molecule has 3 fully saturated rings. The average molecular weight is 513 g/mol. The minimum atomic E-state index is -3.42. The number of nitrogens with zero attached hydrogens (tertiary/aromatic N) is 3. The van der Waals surface area contributed by atoms with E-state index in [0.29, 0.717) is 32.7 Å². The highest BCUT2D eigenvalue weighted by atomic mass is 32.2. The van der Waals surface area contributed by atoms with Gasteiger partial charge in [-0.15, -0.1) is 0 Å². The Morgan fingerprint density at radius 3 is 2.50 bits per heavy atom. The molecule has 3 aliphatic heterocycles. The normalized spacial score (nSPS) is 28.3. The summed E-state index contributed by atoms with van der Waals surface area (Å²) in [7, 11) is 0.178. The van der Waals surface area contributed by atoms with Crippen LogP contribution in [0.25, 0.3) is 11.1 Å². The van der Waals surface area contributed by atoms with Crippen LogP contribution < -0.4 is 5.43 Å². The van der Waals surface area contributed by atoms with E-state index in [2.05, 4.69) is 66.6 Å². The summed E-state index contributed by atoms with van der Waals surface area (Å²) >= 11 is 0. The highest BCUT2D eigenvalue weighted by Crippen LogP contribution is 2.43. The van der Waals surface area contributed by atoms with Crippen molar-refractivity contribution in [1.29, 1.82) is 0 Å². The molecule has 0 amide bonds. The lowest BCUT2D eigenvalue weighted by Gasteiger charge is -2.57. The number of benzene rings is 2. The van der Waals surface area contributed by atoms with Crippen LogP contribution in [0.1, 0.15) is 41.9 Å². The first-order valence-electron chi connectivity index (χ1n) is 13.2. The maximum absolute atomic E-state index is 13.7. The molecule has 0 aliphatic carbocycles. The molecule has 2 aromatic carbocycles. The van der Waals surface area contributed by atoms with Gasteiger partial charge in [-0.1, -0.05) is 42.5 Å². The highest BCUT2D eigenvalue weighted by molar-refractivity contribution is 7.89. The summed E-state index contributed by atoms with van der Waals surface area (Å²) in [6, 6.07) is 15.8. The SMILES string of the molecule is COCC1[C@@H](c2ccc(-c3cccc(C)c3C)cc2)[C@@H]2CN(S(=O)(=O)C3CCNN3C)CCCCN12. The third kappa shape index (κ3) is 4.64. The molecular formula is C28H40N4O3S. The lowest BCUT2D eigenvalue weighted by atomic mass is 9.74. The molecule has 36 heavy (non-hydrogen) atoms. The van der Waals surface area contributed by atoms with Crippen LogP contribution in [0, 0.1) is 13.8 Å². The number of hydrazine groups is 1. The van der Waals surface area contributed by atoms with Crippen LogP contribution >= 0.6 is 0 Å². The molecule has 2 aromatic rings. The topological polar surface area (TPSA) is 65.1 Å². The van der Waals surface area contributed by atoms with Gasteiger partial charge in [-0.25, -0.2) is 13.4 Å². The molecule has 0 saturated carbocycles. The fourth-order valence-corrected chi connectivity index (χ4v) is 8.40. The Morgan fingerprint density at radius 2 is 1.81 bits per heavy atom. The van der Waals surface area contributed by atoms with Crippen LogP contribution in [0.4, 0.5) is 0 Å². The van der Waals surface area contributed by atoms with Crippen molar-refractivity contribution in [2.45, 2.75) is 56.5 Å². The van der Waals surface area contributed by atoms with Gasteiger partial charge >= 0.3 is 0 Å². The zero-order chi connectivity index (χ0) is 25.4. The van der Waals surface area contributed by atoms with Crippen LogP contribution in [0.2, 0.25) is 0 Å². The lowest BCUT2D eigenvalue weighted by molar-refractivity contribution is -0.0636. The van der Waals surface area contributed by atoms with E-state index in [0.717, 1.165) is 19.4 Å². The van der Waals surface area contributed by atoms with E-state index < -0.39 is 15.4 Å². The van der Waals surface area contributed by atoms with Crippen molar-refractivity contribution in [1.82, 2.24) is 19.6 Å². The van der Waals surface area contributed by atoms with Crippen molar-refractivity contribution >= 4 is 10.0 Å². The summed E-state index contributed by atoms with van der Waals surface area (Å²) in [6.45, 7) is 7.82. The third-order valence-corrected chi connectivity index (χ3v) is 10.9. The van der Waals surface area contributed by atoms with Gasteiger partial charge in [0.1, 0.15) is 5.37 Å². The molecular weight excluding hydrogens is 472 g/mol. The number of hydrogen-bond donors (Lipinski definition) is 1. The second-order valence-corrected chi connectivity index (χ2v) is 12.7. The lowest BCUT2D eigenvalue weighted by Crippen LogP contribution is -2.68. The zero-order valence-corrected chi connectivity index (χ0v) is 22.8. The highest BCUT2D eigenvalue weighted by Gasteiger charge is 2.51. The summed E-state index contributed by atoms with van der Waals surface area (Å²) in [5, 5.41) is 1.28. The number of rotatable bonds is 6. The number of aryl methyl sites for hydroxylation is 1. The first-order valence-corrected chi connectivity index (χ1v) is 14.7. The van der Waals surface area contributed by atoms with Gasteiger partial charge in [0.15, 0.2) is 0 Å². The number of fused-ring (bicyclic) bond motifs is 1. The predicted octanol–water partition coefficient (Wildman–Crippen LogP) is 3.35. The summed E-state index contributed by atoms with van der Waals surface area (Å²) in [4.78, 5) is 2.49. The molecule has 1 N–H and O–H groups in total. The summed E-state index contributed by atoms with van der Waals surface area (Å²) in [5.74, 6) is 0.243. The molecule has 0 spiro atoms. The van der Waals surface area contributed by atoms with E-state index in [-0.39, 0.29) is 18.0 Å². The van der Waals surface area contributed by atoms with Crippen LogP contribution in [-0.4, -0.2) is 87.0 Å². The van der Waals surface area contributed by atoms with E-state index in [9.17, 15) is 8.42 Å². The Balaban J connectivity index is 1.42. The van der Waals surface area contributed by atoms with E-state index in [1.165, 1.54) is 27.8 Å². The fourth-order valence-electron chi connectivity index (χ4n) is 6.42. The Kier molecular flexibility index (Phi) is 7.54. The molecule has 196 valence electrons. The van der Waals surface area contributed by atoms with Crippen molar-refractivity contribution in [3.63, 3.8) is 0 Å². The number of methoxy groups -OCH3 is 1. The zero-order valence-electron chi connectivity index (χ0n) is 22.0. The smallest absolute Gasteiger partial charge is 0.231 e. The summed E-state index contributed by atoms with van der Waals surface area (Å²) in [5.41, 5.74) is 9.52. The molecule has 3 saturated heterocycles. The second kappa shape index (κ2) is 10.5. The van der Waals surface area contributed by atoms with E-state index in [1.54, 1.807) is 16.4 Å². The van der Waals surface area contributed by atoms with Crippen LogP contribution in [0.5, 0.6) is 0 Å². The van der Waals surface area contributed by atoms with Crippen molar-refractivity contribution in [2.75, 3.05) is 46.9 Å². The molecule has 8 heteroatoms. The van der Waals surface area contributed by atoms with Gasteiger partial charge in [-0.05, 0) is 67.5 Å². The van der Waals surface area contributed by atoms with E-state index in [1.807, 2.05) is 7.05 Å². The number of hydrogen-bond acceptors (Lipinski definition) is 6. The number of sulfonamides is 1. The van der Waals surface area contributed by atoms with Gasteiger partial charge in [0.25, 0.3) is 0 Å². The standard InChI is InChI=1S/C28H40N4O3S/c1-20-8-7-9-24(21(20)2)22-10-12-23(13-11-22)28-25-18-31(36(33,34)27-14-15-29-30(27)3)16-5-6-17-32(25)26(28)19-35-4/h7-13,25-29H,5-6,14-19H2,1-4H3/t25-,26?,27?,28-/m0/s1.